The summed E-state index contributed by atoms with van der Waals surface area (Å²) in [5, 5.41) is 11.3. The average Bonchev–Trinajstić information content (AvgIpc) is 3.10. The minimum Gasteiger partial charge on any atom is -0.416 e. The summed E-state index contributed by atoms with van der Waals surface area (Å²) in [7, 11) is 0. The van der Waals surface area contributed by atoms with Crippen LogP contribution < -0.4 is 5.32 Å². The maximum absolute atomic E-state index is 12.2. The van der Waals surface area contributed by atoms with Crippen LogP contribution in [0.1, 0.15) is 35.2 Å². The average molecular weight is 347 g/mol. The van der Waals surface area contributed by atoms with E-state index in [1.807, 2.05) is 43.3 Å². The third kappa shape index (κ3) is 3.52. The summed E-state index contributed by atoms with van der Waals surface area (Å²) in [6.45, 7) is 2.79. The highest BCUT2D eigenvalue weighted by molar-refractivity contribution is 5.94. The van der Waals surface area contributed by atoms with Crippen LogP contribution in [-0.4, -0.2) is 22.6 Å². The van der Waals surface area contributed by atoms with Gasteiger partial charge in [-0.2, -0.15) is 0 Å². The van der Waals surface area contributed by atoms with Gasteiger partial charge in [0.2, 0.25) is 11.8 Å². The van der Waals surface area contributed by atoms with Gasteiger partial charge in [0, 0.05) is 23.2 Å². The van der Waals surface area contributed by atoms with Gasteiger partial charge in [-0.25, -0.2) is 0 Å². The first-order chi connectivity index (χ1) is 12.7. The van der Waals surface area contributed by atoms with Gasteiger partial charge in [-0.1, -0.05) is 24.1 Å². The van der Waals surface area contributed by atoms with Crippen LogP contribution in [0.4, 0.5) is 0 Å². The molecule has 0 bridgehead atoms. The lowest BCUT2D eigenvalue weighted by atomic mass is 9.85. The highest BCUT2D eigenvalue weighted by Crippen LogP contribution is 2.26. The maximum atomic E-state index is 12.2. The molecule has 0 atom stereocenters. The van der Waals surface area contributed by atoms with E-state index in [2.05, 4.69) is 15.5 Å². The number of carbonyl (C=O) groups is 1. The quantitative estimate of drug-likeness (QED) is 0.749. The van der Waals surface area contributed by atoms with Crippen LogP contribution in [0.15, 0.2) is 52.9 Å². The summed E-state index contributed by atoms with van der Waals surface area (Å²) in [4.78, 5) is 12.2. The SMILES string of the molecule is Cc1cccc(-c2nnc(-c3ccc(C(=O)NCC4CCC4)cc3)o2)c1. The number of benzene rings is 2. The van der Waals surface area contributed by atoms with Gasteiger partial charge < -0.3 is 9.73 Å². The molecule has 1 amide bonds. The van der Waals surface area contributed by atoms with Crippen LogP contribution in [0.25, 0.3) is 22.9 Å². The zero-order valence-corrected chi connectivity index (χ0v) is 14.7. The van der Waals surface area contributed by atoms with E-state index in [4.69, 9.17) is 4.42 Å². The summed E-state index contributed by atoms with van der Waals surface area (Å²) in [6, 6.07) is 15.2. The number of amides is 1. The van der Waals surface area contributed by atoms with Crippen molar-refractivity contribution in [2.24, 2.45) is 5.92 Å². The van der Waals surface area contributed by atoms with Crippen LogP contribution in [0, 0.1) is 12.8 Å². The summed E-state index contributed by atoms with van der Waals surface area (Å²) in [5.74, 6) is 1.56. The number of rotatable bonds is 5. The largest absolute Gasteiger partial charge is 0.416 e. The van der Waals surface area contributed by atoms with Crippen molar-refractivity contribution in [3.63, 3.8) is 0 Å². The Hall–Kier alpha value is -2.95. The van der Waals surface area contributed by atoms with Gasteiger partial charge >= 0.3 is 0 Å². The number of carbonyl (C=O) groups excluding carboxylic acids is 1. The Morgan fingerprint density at radius 3 is 2.46 bits per heavy atom. The highest BCUT2D eigenvalue weighted by atomic mass is 16.4. The zero-order chi connectivity index (χ0) is 17.9. The molecular weight excluding hydrogens is 326 g/mol. The molecule has 0 aliphatic heterocycles. The normalized spacial score (nSPS) is 14.0. The second kappa shape index (κ2) is 7.12. The number of nitrogens with one attached hydrogen (secondary N) is 1. The third-order valence-electron chi connectivity index (χ3n) is 4.86. The van der Waals surface area contributed by atoms with Gasteiger partial charge in [0.1, 0.15) is 0 Å². The second-order valence-corrected chi connectivity index (χ2v) is 6.87. The van der Waals surface area contributed by atoms with E-state index in [1.165, 1.54) is 19.3 Å². The van der Waals surface area contributed by atoms with Gasteiger partial charge in [-0.05, 0) is 62.1 Å². The van der Waals surface area contributed by atoms with Crippen LogP contribution in [0.3, 0.4) is 0 Å². The van der Waals surface area contributed by atoms with Crippen LogP contribution in [0.5, 0.6) is 0 Å². The molecule has 1 saturated carbocycles. The first kappa shape index (κ1) is 16.5. The lowest BCUT2D eigenvalue weighted by Crippen LogP contribution is -2.32. The molecule has 26 heavy (non-hydrogen) atoms. The Labute approximate surface area is 152 Å². The van der Waals surface area contributed by atoms with E-state index < -0.39 is 0 Å². The first-order valence-electron chi connectivity index (χ1n) is 8.98. The molecule has 1 aromatic heterocycles. The Morgan fingerprint density at radius 2 is 1.81 bits per heavy atom. The van der Waals surface area contributed by atoms with Crippen molar-refractivity contribution in [1.82, 2.24) is 15.5 Å². The van der Waals surface area contributed by atoms with E-state index in [0.29, 0.717) is 23.3 Å². The Kier molecular flexibility index (Phi) is 4.52. The van der Waals surface area contributed by atoms with Crippen LogP contribution >= 0.6 is 0 Å². The highest BCUT2D eigenvalue weighted by Gasteiger charge is 2.18. The predicted molar refractivity (Wildman–Crippen MR) is 99.6 cm³/mol. The van der Waals surface area contributed by atoms with E-state index in [1.54, 1.807) is 12.1 Å². The molecule has 132 valence electrons. The van der Waals surface area contributed by atoms with Crippen molar-refractivity contribution in [1.29, 1.82) is 0 Å². The maximum Gasteiger partial charge on any atom is 0.251 e. The lowest BCUT2D eigenvalue weighted by molar-refractivity contribution is 0.0939. The van der Waals surface area contributed by atoms with Crippen LogP contribution in [0.2, 0.25) is 0 Å². The number of aryl methyl sites for hydroxylation is 1. The third-order valence-corrected chi connectivity index (χ3v) is 4.86. The molecule has 3 aromatic rings. The van der Waals surface area contributed by atoms with E-state index in [0.717, 1.165) is 23.2 Å². The molecule has 1 fully saturated rings. The van der Waals surface area contributed by atoms with Crippen molar-refractivity contribution in [3.8, 4) is 22.9 Å². The minimum absolute atomic E-state index is 0.0329. The summed E-state index contributed by atoms with van der Waals surface area (Å²) < 4.78 is 5.79. The summed E-state index contributed by atoms with van der Waals surface area (Å²) >= 11 is 0. The molecule has 4 rings (SSSR count). The van der Waals surface area contributed by atoms with Crippen molar-refractivity contribution < 1.29 is 9.21 Å². The fourth-order valence-corrected chi connectivity index (χ4v) is 3.03. The number of nitrogens with zero attached hydrogens (tertiary/aromatic N) is 2. The smallest absolute Gasteiger partial charge is 0.251 e. The molecule has 0 radical (unpaired) electrons. The standard InChI is InChI=1S/C21H21N3O2/c1-14-4-2-7-18(12-14)21-24-23-20(26-21)17-10-8-16(9-11-17)19(25)22-13-15-5-3-6-15/h2,4,7-12,15H,3,5-6,13H2,1H3,(H,22,25). The van der Waals surface area contributed by atoms with Crippen molar-refractivity contribution >= 4 is 5.91 Å². The van der Waals surface area contributed by atoms with Crippen molar-refractivity contribution in [2.75, 3.05) is 6.54 Å². The topological polar surface area (TPSA) is 68.0 Å². The Bertz CT molecular complexity index is 911. The van der Waals surface area contributed by atoms with Crippen molar-refractivity contribution in [3.05, 3.63) is 59.7 Å². The van der Waals surface area contributed by atoms with Gasteiger partial charge in [0.25, 0.3) is 5.91 Å². The summed E-state index contributed by atoms with van der Waals surface area (Å²) in [6.07, 6.45) is 3.73. The van der Waals surface area contributed by atoms with E-state index in [9.17, 15) is 4.79 Å². The Balaban J connectivity index is 1.46. The second-order valence-electron chi connectivity index (χ2n) is 6.87. The molecule has 0 saturated heterocycles. The van der Waals surface area contributed by atoms with Gasteiger partial charge in [-0.3, -0.25) is 4.79 Å². The molecule has 5 nitrogen and oxygen atoms in total. The predicted octanol–water partition coefficient (Wildman–Crippen LogP) is 4.24. The molecule has 1 aliphatic rings. The molecule has 1 aliphatic carbocycles. The number of hydrogen-bond donors (Lipinski definition) is 1. The zero-order valence-electron chi connectivity index (χ0n) is 14.7. The fraction of sp³-hybridized carbons (Fsp3) is 0.286. The van der Waals surface area contributed by atoms with E-state index in [-0.39, 0.29) is 5.91 Å². The molecule has 2 aromatic carbocycles. The van der Waals surface area contributed by atoms with Crippen LogP contribution in [-0.2, 0) is 0 Å². The summed E-state index contributed by atoms with van der Waals surface area (Å²) in [5.41, 5.74) is 3.48. The number of aromatic nitrogens is 2. The van der Waals surface area contributed by atoms with Crippen molar-refractivity contribution in [2.45, 2.75) is 26.2 Å². The first-order valence-corrected chi connectivity index (χ1v) is 8.98. The minimum atomic E-state index is -0.0329. The monoisotopic (exact) mass is 347 g/mol. The molecule has 1 N–H and O–H groups in total. The van der Waals surface area contributed by atoms with E-state index >= 15 is 0 Å². The number of hydrogen-bond acceptors (Lipinski definition) is 4. The molecule has 1 heterocycles. The molecule has 0 spiro atoms. The molecule has 5 heteroatoms. The van der Waals surface area contributed by atoms with Gasteiger partial charge in [0.05, 0.1) is 0 Å². The lowest BCUT2D eigenvalue weighted by Gasteiger charge is -2.25. The van der Waals surface area contributed by atoms with Gasteiger partial charge in [-0.15, -0.1) is 10.2 Å². The Morgan fingerprint density at radius 1 is 1.08 bits per heavy atom. The molecule has 0 unspecified atom stereocenters. The molecular formula is C21H21N3O2. The van der Waals surface area contributed by atoms with Gasteiger partial charge in [0.15, 0.2) is 0 Å². The fourth-order valence-electron chi connectivity index (χ4n) is 3.03.